The Labute approximate surface area is 152 Å². The van der Waals surface area contributed by atoms with Gasteiger partial charge in [-0.2, -0.15) is 0 Å². The Hall–Kier alpha value is -1.44. The second kappa shape index (κ2) is 7.43. The standard InChI is InChI=1S/C18H26N4O2S/c23-13-15-11-22(10-14(15)9-20-5-3-1-2-4-6-20)17(24)16-12-21-7-8-25-18(21)19-16/h7-8,12,14-15,23H,1-6,9-11,13H2/t14-,15-/m1/s1. The molecule has 2 aromatic rings. The van der Waals surface area contributed by atoms with E-state index < -0.39 is 0 Å². The van der Waals surface area contributed by atoms with Crippen LogP contribution < -0.4 is 0 Å². The van der Waals surface area contributed by atoms with E-state index in [0.29, 0.717) is 18.2 Å². The molecule has 0 spiro atoms. The third-order valence-corrected chi connectivity index (χ3v) is 6.37. The normalized spacial score (nSPS) is 25.6. The lowest BCUT2D eigenvalue weighted by atomic mass is 9.96. The van der Waals surface area contributed by atoms with Crippen molar-refractivity contribution >= 4 is 22.2 Å². The third kappa shape index (κ3) is 3.59. The predicted molar refractivity (Wildman–Crippen MR) is 97.9 cm³/mol. The summed E-state index contributed by atoms with van der Waals surface area (Å²) in [5, 5.41) is 11.8. The smallest absolute Gasteiger partial charge is 0.274 e. The van der Waals surface area contributed by atoms with E-state index in [4.69, 9.17) is 0 Å². The number of thiazole rings is 1. The highest BCUT2D eigenvalue weighted by atomic mass is 32.1. The molecule has 0 saturated carbocycles. The van der Waals surface area contributed by atoms with Crippen molar-refractivity contribution in [2.45, 2.75) is 25.7 Å². The molecule has 2 atom stereocenters. The van der Waals surface area contributed by atoms with Crippen molar-refractivity contribution in [1.29, 1.82) is 0 Å². The van der Waals surface area contributed by atoms with Crippen LogP contribution in [0.1, 0.15) is 36.2 Å². The Morgan fingerprint density at radius 1 is 1.20 bits per heavy atom. The molecule has 7 heteroatoms. The number of imidazole rings is 1. The monoisotopic (exact) mass is 362 g/mol. The third-order valence-electron chi connectivity index (χ3n) is 5.60. The Morgan fingerprint density at radius 3 is 2.68 bits per heavy atom. The minimum Gasteiger partial charge on any atom is -0.396 e. The summed E-state index contributed by atoms with van der Waals surface area (Å²) in [6.07, 6.45) is 8.92. The van der Waals surface area contributed by atoms with Gasteiger partial charge in [0.15, 0.2) is 4.96 Å². The van der Waals surface area contributed by atoms with E-state index in [1.165, 1.54) is 37.0 Å². The predicted octanol–water partition coefficient (Wildman–Crippen LogP) is 1.95. The molecule has 0 aliphatic carbocycles. The molecule has 2 aliphatic rings. The number of aliphatic hydroxyl groups excluding tert-OH is 1. The number of carbonyl (C=O) groups is 1. The number of amides is 1. The van der Waals surface area contributed by atoms with Gasteiger partial charge in [0.2, 0.25) is 0 Å². The first-order valence-corrected chi connectivity index (χ1v) is 10.2. The van der Waals surface area contributed by atoms with Crippen molar-refractivity contribution in [2.75, 3.05) is 39.3 Å². The minimum atomic E-state index is -0.00674. The number of likely N-dealkylation sites (tertiary alicyclic amines) is 2. The highest BCUT2D eigenvalue weighted by Crippen LogP contribution is 2.26. The Morgan fingerprint density at radius 2 is 1.96 bits per heavy atom. The zero-order valence-electron chi connectivity index (χ0n) is 14.5. The van der Waals surface area contributed by atoms with Gasteiger partial charge < -0.3 is 14.9 Å². The average molecular weight is 362 g/mol. The first-order chi connectivity index (χ1) is 12.2. The fraction of sp³-hybridized carbons (Fsp3) is 0.667. The molecular weight excluding hydrogens is 336 g/mol. The number of hydrogen-bond donors (Lipinski definition) is 1. The first kappa shape index (κ1) is 17.0. The Balaban J connectivity index is 1.42. The first-order valence-electron chi connectivity index (χ1n) is 9.29. The van der Waals surface area contributed by atoms with E-state index in [2.05, 4.69) is 9.88 Å². The number of aliphatic hydroxyl groups is 1. The van der Waals surface area contributed by atoms with Gasteiger partial charge in [-0.25, -0.2) is 4.98 Å². The number of nitrogens with zero attached hydrogens (tertiary/aromatic N) is 4. The molecule has 2 aliphatic heterocycles. The zero-order valence-corrected chi connectivity index (χ0v) is 15.3. The van der Waals surface area contributed by atoms with Gasteiger partial charge in [-0.3, -0.25) is 9.20 Å². The van der Waals surface area contributed by atoms with Crippen molar-refractivity contribution in [3.05, 3.63) is 23.5 Å². The van der Waals surface area contributed by atoms with E-state index in [-0.39, 0.29) is 18.4 Å². The van der Waals surface area contributed by atoms with E-state index in [9.17, 15) is 9.90 Å². The van der Waals surface area contributed by atoms with Gasteiger partial charge in [0.1, 0.15) is 5.69 Å². The van der Waals surface area contributed by atoms with Crippen LogP contribution in [-0.2, 0) is 0 Å². The molecule has 0 aromatic carbocycles. The summed E-state index contributed by atoms with van der Waals surface area (Å²) in [6, 6.07) is 0. The molecule has 4 rings (SSSR count). The fourth-order valence-electron chi connectivity index (χ4n) is 4.16. The number of fused-ring (bicyclic) bond motifs is 1. The number of aromatic nitrogens is 2. The van der Waals surface area contributed by atoms with Gasteiger partial charge in [0, 0.05) is 49.9 Å². The quantitative estimate of drug-likeness (QED) is 0.903. The molecule has 6 nitrogen and oxygen atoms in total. The van der Waals surface area contributed by atoms with Crippen LogP contribution in [0.5, 0.6) is 0 Å². The van der Waals surface area contributed by atoms with Gasteiger partial charge >= 0.3 is 0 Å². The zero-order chi connectivity index (χ0) is 17.2. The van der Waals surface area contributed by atoms with E-state index in [0.717, 1.165) is 31.1 Å². The molecule has 4 heterocycles. The molecule has 0 radical (unpaired) electrons. The van der Waals surface area contributed by atoms with Crippen LogP contribution in [-0.4, -0.2) is 69.5 Å². The Kier molecular flexibility index (Phi) is 5.05. The van der Waals surface area contributed by atoms with Crippen LogP contribution >= 0.6 is 11.3 Å². The highest BCUT2D eigenvalue weighted by Gasteiger charge is 2.36. The topological polar surface area (TPSA) is 61.1 Å². The van der Waals surface area contributed by atoms with Gasteiger partial charge in [0.25, 0.3) is 5.91 Å². The molecule has 25 heavy (non-hydrogen) atoms. The Bertz CT molecular complexity index is 691. The maximum Gasteiger partial charge on any atom is 0.274 e. The van der Waals surface area contributed by atoms with E-state index >= 15 is 0 Å². The van der Waals surface area contributed by atoms with Crippen molar-refractivity contribution in [2.24, 2.45) is 11.8 Å². The molecule has 1 N–H and O–H groups in total. The lowest BCUT2D eigenvalue weighted by Gasteiger charge is -2.26. The molecule has 2 aromatic heterocycles. The van der Waals surface area contributed by atoms with Gasteiger partial charge in [0.05, 0.1) is 0 Å². The molecule has 1 amide bonds. The second-order valence-electron chi connectivity index (χ2n) is 7.35. The van der Waals surface area contributed by atoms with E-state index in [1.54, 1.807) is 0 Å². The molecule has 2 saturated heterocycles. The van der Waals surface area contributed by atoms with Crippen LogP contribution in [0.25, 0.3) is 4.96 Å². The van der Waals surface area contributed by atoms with Crippen LogP contribution in [0.4, 0.5) is 0 Å². The molecule has 136 valence electrons. The average Bonchev–Trinajstić information content (AvgIpc) is 3.26. The van der Waals surface area contributed by atoms with Crippen molar-refractivity contribution in [3.63, 3.8) is 0 Å². The maximum absolute atomic E-state index is 12.8. The second-order valence-corrected chi connectivity index (χ2v) is 8.22. The summed E-state index contributed by atoms with van der Waals surface area (Å²) in [5.41, 5.74) is 0.513. The minimum absolute atomic E-state index is 0.00674. The number of rotatable bonds is 4. The summed E-state index contributed by atoms with van der Waals surface area (Å²) in [5.74, 6) is 0.527. The summed E-state index contributed by atoms with van der Waals surface area (Å²) in [6.45, 7) is 4.82. The van der Waals surface area contributed by atoms with Gasteiger partial charge in [-0.1, -0.05) is 12.8 Å². The lowest BCUT2D eigenvalue weighted by molar-refractivity contribution is 0.0774. The fourth-order valence-corrected chi connectivity index (χ4v) is 4.86. The van der Waals surface area contributed by atoms with Crippen LogP contribution in [0.2, 0.25) is 0 Å². The number of hydrogen-bond acceptors (Lipinski definition) is 5. The summed E-state index contributed by atoms with van der Waals surface area (Å²) >= 11 is 1.53. The van der Waals surface area contributed by atoms with Crippen molar-refractivity contribution in [3.8, 4) is 0 Å². The molecule has 0 bridgehead atoms. The SMILES string of the molecule is O=C(c1cn2ccsc2n1)N1C[C@@H](CN2CCCCCC2)[C@@H](CO)C1. The van der Waals surface area contributed by atoms with Crippen LogP contribution in [0, 0.1) is 11.8 Å². The van der Waals surface area contributed by atoms with Crippen molar-refractivity contribution < 1.29 is 9.90 Å². The molecule has 2 fully saturated rings. The molecular formula is C18H26N4O2S. The summed E-state index contributed by atoms with van der Waals surface area (Å²) in [7, 11) is 0. The van der Waals surface area contributed by atoms with Gasteiger partial charge in [-0.15, -0.1) is 11.3 Å². The summed E-state index contributed by atoms with van der Waals surface area (Å²) in [4.78, 5) is 22.5. The van der Waals surface area contributed by atoms with Crippen LogP contribution in [0.3, 0.4) is 0 Å². The van der Waals surface area contributed by atoms with E-state index in [1.807, 2.05) is 27.1 Å². The van der Waals surface area contributed by atoms with Crippen LogP contribution in [0.15, 0.2) is 17.8 Å². The van der Waals surface area contributed by atoms with Crippen molar-refractivity contribution in [1.82, 2.24) is 19.2 Å². The number of carbonyl (C=O) groups excluding carboxylic acids is 1. The molecule has 0 unspecified atom stereocenters. The lowest BCUT2D eigenvalue weighted by Crippen LogP contribution is -2.35. The largest absolute Gasteiger partial charge is 0.396 e. The summed E-state index contributed by atoms with van der Waals surface area (Å²) < 4.78 is 1.90. The van der Waals surface area contributed by atoms with Gasteiger partial charge in [-0.05, 0) is 31.8 Å². The maximum atomic E-state index is 12.8. The highest BCUT2D eigenvalue weighted by molar-refractivity contribution is 7.15.